The predicted molar refractivity (Wildman–Crippen MR) is 67.1 cm³/mol. The van der Waals surface area contributed by atoms with Gasteiger partial charge in [0.05, 0.1) is 0 Å². The summed E-state index contributed by atoms with van der Waals surface area (Å²) in [5, 5.41) is 2.56. The molecule has 0 spiro atoms. The highest BCUT2D eigenvalue weighted by Crippen LogP contribution is 2.17. The highest BCUT2D eigenvalue weighted by atomic mass is 14.6. The van der Waals surface area contributed by atoms with E-state index in [1.807, 2.05) is 12.4 Å². The fourth-order valence-electron chi connectivity index (χ4n) is 1.48. The highest BCUT2D eigenvalue weighted by Gasteiger charge is 1.96. The number of hydrogen-bond donors (Lipinski definition) is 0. The fourth-order valence-corrected chi connectivity index (χ4v) is 1.48. The molecule has 0 aliphatic rings. The Kier molecular flexibility index (Phi) is 4.82. The minimum absolute atomic E-state index is 1.07. The number of fused-ring (bicyclic) bond motifs is 1. The summed E-state index contributed by atoms with van der Waals surface area (Å²) < 4.78 is 0. The van der Waals surface area contributed by atoms with Gasteiger partial charge in [-0.2, -0.15) is 0 Å². The van der Waals surface area contributed by atoms with Crippen LogP contribution in [0.25, 0.3) is 10.8 Å². The van der Waals surface area contributed by atoms with Crippen molar-refractivity contribution >= 4 is 10.8 Å². The first-order valence-corrected chi connectivity index (χ1v) is 5.65. The summed E-state index contributed by atoms with van der Waals surface area (Å²) >= 11 is 0. The van der Waals surface area contributed by atoms with Crippen LogP contribution < -0.4 is 0 Å². The standard InChI is InChI=1S/C11H11N.C3H8/c1-2-9-4-3-5-10-6-7-12-8-11(9)10;1-3-2/h3-8H,2H2,1H3;3H2,1-2H3. The summed E-state index contributed by atoms with van der Waals surface area (Å²) in [7, 11) is 0. The average molecular weight is 201 g/mol. The molecule has 2 rings (SSSR count). The Hall–Kier alpha value is -1.37. The zero-order chi connectivity index (χ0) is 11.1. The lowest BCUT2D eigenvalue weighted by Crippen LogP contribution is -1.83. The molecule has 0 amide bonds. The first kappa shape index (κ1) is 11.7. The normalized spacial score (nSPS) is 9.53. The summed E-state index contributed by atoms with van der Waals surface area (Å²) in [6.07, 6.45) is 6.10. The molecule has 0 aliphatic carbocycles. The van der Waals surface area contributed by atoms with Crippen molar-refractivity contribution in [3.05, 3.63) is 42.2 Å². The van der Waals surface area contributed by atoms with E-state index in [2.05, 4.69) is 50.0 Å². The Morgan fingerprint density at radius 1 is 1.07 bits per heavy atom. The number of nitrogens with zero attached hydrogens (tertiary/aromatic N) is 1. The van der Waals surface area contributed by atoms with Crippen LogP contribution in [0.1, 0.15) is 32.8 Å². The Morgan fingerprint density at radius 2 is 1.80 bits per heavy atom. The highest BCUT2D eigenvalue weighted by molar-refractivity contribution is 5.84. The molecule has 0 saturated carbocycles. The zero-order valence-electron chi connectivity index (χ0n) is 9.83. The third-order valence-corrected chi connectivity index (χ3v) is 2.15. The molecule has 1 heterocycles. The lowest BCUT2D eigenvalue weighted by Gasteiger charge is -2.01. The van der Waals surface area contributed by atoms with Crippen molar-refractivity contribution in [2.75, 3.05) is 0 Å². The van der Waals surface area contributed by atoms with Crippen molar-refractivity contribution < 1.29 is 0 Å². The minimum atomic E-state index is 1.07. The average Bonchev–Trinajstić information content (AvgIpc) is 2.29. The van der Waals surface area contributed by atoms with Gasteiger partial charge in [-0.05, 0) is 23.4 Å². The van der Waals surface area contributed by atoms with E-state index >= 15 is 0 Å². The van der Waals surface area contributed by atoms with Gasteiger partial charge in [-0.25, -0.2) is 0 Å². The molecule has 1 heteroatoms. The van der Waals surface area contributed by atoms with E-state index < -0.39 is 0 Å². The van der Waals surface area contributed by atoms with Crippen molar-refractivity contribution in [1.82, 2.24) is 4.98 Å². The summed E-state index contributed by atoms with van der Waals surface area (Å²) in [5.41, 5.74) is 1.38. The maximum atomic E-state index is 4.12. The van der Waals surface area contributed by atoms with Crippen molar-refractivity contribution in [3.8, 4) is 0 Å². The van der Waals surface area contributed by atoms with Crippen LogP contribution in [0.5, 0.6) is 0 Å². The second kappa shape index (κ2) is 6.18. The van der Waals surface area contributed by atoms with Crippen LogP contribution in [0.2, 0.25) is 0 Å². The van der Waals surface area contributed by atoms with Gasteiger partial charge in [0, 0.05) is 17.8 Å². The predicted octanol–water partition coefficient (Wildman–Crippen LogP) is 4.21. The molecule has 0 aliphatic heterocycles. The molecule has 0 radical (unpaired) electrons. The second-order valence-electron chi connectivity index (χ2n) is 3.57. The smallest absolute Gasteiger partial charge is 0.0349 e. The van der Waals surface area contributed by atoms with Gasteiger partial charge < -0.3 is 0 Å². The Bertz CT molecular complexity index is 402. The molecule has 80 valence electrons. The summed E-state index contributed by atoms with van der Waals surface area (Å²) in [6, 6.07) is 8.43. The van der Waals surface area contributed by atoms with Gasteiger partial charge in [-0.1, -0.05) is 45.4 Å². The molecule has 15 heavy (non-hydrogen) atoms. The van der Waals surface area contributed by atoms with E-state index in [4.69, 9.17) is 0 Å². The molecule has 0 N–H and O–H groups in total. The Labute approximate surface area is 92.2 Å². The van der Waals surface area contributed by atoms with Crippen molar-refractivity contribution in [2.45, 2.75) is 33.6 Å². The molecule has 2 aromatic rings. The van der Waals surface area contributed by atoms with Crippen LogP contribution in [0.4, 0.5) is 0 Å². The molecular formula is C14H19N. The molecule has 0 saturated heterocycles. The van der Waals surface area contributed by atoms with Gasteiger partial charge in [0.15, 0.2) is 0 Å². The third-order valence-electron chi connectivity index (χ3n) is 2.15. The second-order valence-corrected chi connectivity index (χ2v) is 3.57. The third kappa shape index (κ3) is 3.05. The van der Waals surface area contributed by atoms with E-state index in [9.17, 15) is 0 Å². The first-order valence-electron chi connectivity index (χ1n) is 5.65. The van der Waals surface area contributed by atoms with Crippen molar-refractivity contribution in [1.29, 1.82) is 0 Å². The zero-order valence-corrected chi connectivity index (χ0v) is 9.83. The molecule has 0 bridgehead atoms. The van der Waals surface area contributed by atoms with Gasteiger partial charge in [-0.15, -0.1) is 0 Å². The topological polar surface area (TPSA) is 12.9 Å². The van der Waals surface area contributed by atoms with Crippen molar-refractivity contribution in [2.24, 2.45) is 0 Å². The maximum Gasteiger partial charge on any atom is 0.0349 e. The van der Waals surface area contributed by atoms with E-state index in [1.165, 1.54) is 22.8 Å². The van der Waals surface area contributed by atoms with Crippen LogP contribution in [0.15, 0.2) is 36.7 Å². The first-order chi connectivity index (χ1) is 7.33. The van der Waals surface area contributed by atoms with Gasteiger partial charge in [-0.3, -0.25) is 4.98 Å². The molecule has 1 nitrogen and oxygen atoms in total. The molecule has 0 atom stereocenters. The van der Waals surface area contributed by atoms with Gasteiger partial charge in [0.25, 0.3) is 0 Å². The SMILES string of the molecule is CCC.CCc1cccc2ccncc12. The number of aryl methyl sites for hydroxylation is 1. The summed E-state index contributed by atoms with van der Waals surface area (Å²) in [6.45, 7) is 6.42. The van der Waals surface area contributed by atoms with Gasteiger partial charge in [0.1, 0.15) is 0 Å². The monoisotopic (exact) mass is 201 g/mol. The molecule has 0 fully saturated rings. The van der Waals surface area contributed by atoms with Crippen LogP contribution in [0, 0.1) is 0 Å². The van der Waals surface area contributed by atoms with Crippen LogP contribution in [0.3, 0.4) is 0 Å². The molecular weight excluding hydrogens is 182 g/mol. The number of benzene rings is 1. The van der Waals surface area contributed by atoms with Crippen LogP contribution >= 0.6 is 0 Å². The fraction of sp³-hybridized carbons (Fsp3) is 0.357. The van der Waals surface area contributed by atoms with Crippen molar-refractivity contribution in [3.63, 3.8) is 0 Å². The van der Waals surface area contributed by atoms with Gasteiger partial charge >= 0.3 is 0 Å². The number of rotatable bonds is 1. The molecule has 1 aromatic carbocycles. The largest absolute Gasteiger partial charge is 0.264 e. The lowest BCUT2D eigenvalue weighted by atomic mass is 10.1. The molecule has 0 unspecified atom stereocenters. The number of aromatic nitrogens is 1. The summed E-state index contributed by atoms with van der Waals surface area (Å²) in [5.74, 6) is 0. The van der Waals surface area contributed by atoms with E-state index in [0.29, 0.717) is 0 Å². The van der Waals surface area contributed by atoms with Crippen LogP contribution in [-0.2, 0) is 6.42 Å². The van der Waals surface area contributed by atoms with E-state index in [1.54, 1.807) is 0 Å². The quantitative estimate of drug-likeness (QED) is 0.673. The summed E-state index contributed by atoms with van der Waals surface area (Å²) in [4.78, 5) is 4.12. The number of pyridine rings is 1. The van der Waals surface area contributed by atoms with Gasteiger partial charge in [0.2, 0.25) is 0 Å². The number of hydrogen-bond acceptors (Lipinski definition) is 1. The lowest BCUT2D eigenvalue weighted by molar-refractivity contribution is 1.09. The van der Waals surface area contributed by atoms with Crippen LogP contribution in [-0.4, -0.2) is 4.98 Å². The van der Waals surface area contributed by atoms with E-state index in [-0.39, 0.29) is 0 Å². The van der Waals surface area contributed by atoms with E-state index in [0.717, 1.165) is 6.42 Å². The maximum absolute atomic E-state index is 4.12. The minimum Gasteiger partial charge on any atom is -0.264 e. The Balaban J connectivity index is 0.000000337. The Morgan fingerprint density at radius 3 is 2.47 bits per heavy atom. The molecule has 1 aromatic heterocycles.